The molecule has 1 N–H and O–H groups in total. The molecule has 0 radical (unpaired) electrons. The molecule has 1 atom stereocenters. The second-order valence-corrected chi connectivity index (χ2v) is 5.62. The zero-order valence-electron chi connectivity index (χ0n) is 13.5. The minimum atomic E-state index is -0.318. The molecule has 0 saturated carbocycles. The lowest BCUT2D eigenvalue weighted by atomic mass is 10.1. The van der Waals surface area contributed by atoms with Crippen LogP contribution in [0, 0.1) is 6.92 Å². The van der Waals surface area contributed by atoms with Crippen LogP contribution in [0.2, 0.25) is 0 Å². The van der Waals surface area contributed by atoms with Crippen LogP contribution in [0.3, 0.4) is 0 Å². The molecule has 5 nitrogen and oxygen atoms in total. The van der Waals surface area contributed by atoms with Gasteiger partial charge in [-0.05, 0) is 43.9 Å². The number of hydrogen-bond acceptors (Lipinski definition) is 3. The first-order valence-corrected chi connectivity index (χ1v) is 7.80. The fraction of sp³-hybridized carbons (Fsp3) is 0.529. The Morgan fingerprint density at radius 1 is 1.41 bits per heavy atom. The molecular formula is C17H24N2O3. The van der Waals surface area contributed by atoms with Crippen LogP contribution in [-0.2, 0) is 16.1 Å². The van der Waals surface area contributed by atoms with Crippen molar-refractivity contribution in [3.8, 4) is 5.75 Å². The number of nitrogens with one attached hydrogen (secondary N) is 1. The van der Waals surface area contributed by atoms with Crippen molar-refractivity contribution < 1.29 is 14.3 Å². The molecule has 1 aromatic carbocycles. The standard InChI is InChI=1S/C17H24N2O3/c1-4-22-16-8-7-14(10-12(16)2)11-18-17(21)15-6-5-9-19(15)13(3)20/h7-8,10,15H,4-6,9,11H2,1-3H3,(H,18,21)/t15-/m0/s1. The quantitative estimate of drug-likeness (QED) is 0.905. The van der Waals surface area contributed by atoms with Crippen molar-refractivity contribution in [2.45, 2.75) is 46.2 Å². The van der Waals surface area contributed by atoms with Crippen LogP contribution >= 0.6 is 0 Å². The van der Waals surface area contributed by atoms with E-state index in [-0.39, 0.29) is 17.9 Å². The first kappa shape index (κ1) is 16.3. The third-order valence-electron chi connectivity index (χ3n) is 3.97. The molecule has 5 heteroatoms. The molecule has 1 fully saturated rings. The Kier molecular flexibility index (Phi) is 5.41. The van der Waals surface area contributed by atoms with Crippen molar-refractivity contribution in [1.29, 1.82) is 0 Å². The monoisotopic (exact) mass is 304 g/mol. The van der Waals surface area contributed by atoms with E-state index in [1.165, 1.54) is 6.92 Å². The molecule has 2 rings (SSSR count). The highest BCUT2D eigenvalue weighted by Gasteiger charge is 2.31. The molecule has 1 heterocycles. The minimum Gasteiger partial charge on any atom is -0.494 e. The number of benzene rings is 1. The van der Waals surface area contributed by atoms with Crippen molar-refractivity contribution in [3.63, 3.8) is 0 Å². The summed E-state index contributed by atoms with van der Waals surface area (Å²) in [4.78, 5) is 25.4. The van der Waals surface area contributed by atoms with Gasteiger partial charge in [-0.15, -0.1) is 0 Å². The summed E-state index contributed by atoms with van der Waals surface area (Å²) in [5, 5.41) is 2.93. The number of hydrogen-bond donors (Lipinski definition) is 1. The van der Waals surface area contributed by atoms with Gasteiger partial charge in [-0.1, -0.05) is 12.1 Å². The van der Waals surface area contributed by atoms with E-state index in [0.717, 1.165) is 29.7 Å². The fourth-order valence-electron chi connectivity index (χ4n) is 2.86. The lowest BCUT2D eigenvalue weighted by Gasteiger charge is -2.22. The predicted molar refractivity (Wildman–Crippen MR) is 84.6 cm³/mol. The van der Waals surface area contributed by atoms with Crippen LogP contribution in [0.4, 0.5) is 0 Å². The number of likely N-dealkylation sites (tertiary alicyclic amines) is 1. The Morgan fingerprint density at radius 2 is 2.18 bits per heavy atom. The zero-order chi connectivity index (χ0) is 16.1. The Morgan fingerprint density at radius 3 is 2.82 bits per heavy atom. The van der Waals surface area contributed by atoms with Gasteiger partial charge in [-0.2, -0.15) is 0 Å². The van der Waals surface area contributed by atoms with Gasteiger partial charge in [0.15, 0.2) is 0 Å². The van der Waals surface area contributed by atoms with E-state index in [9.17, 15) is 9.59 Å². The third kappa shape index (κ3) is 3.78. The number of aryl methyl sites for hydroxylation is 1. The number of amides is 2. The highest BCUT2D eigenvalue weighted by molar-refractivity contribution is 5.87. The first-order valence-electron chi connectivity index (χ1n) is 7.80. The molecule has 1 aliphatic rings. The largest absolute Gasteiger partial charge is 0.494 e. The van der Waals surface area contributed by atoms with Crippen molar-refractivity contribution in [2.75, 3.05) is 13.2 Å². The maximum Gasteiger partial charge on any atom is 0.243 e. The van der Waals surface area contributed by atoms with E-state index >= 15 is 0 Å². The van der Waals surface area contributed by atoms with Gasteiger partial charge in [0.25, 0.3) is 0 Å². The Bertz CT molecular complexity index is 557. The molecule has 1 aliphatic heterocycles. The molecule has 0 bridgehead atoms. The zero-order valence-corrected chi connectivity index (χ0v) is 13.5. The molecule has 1 aromatic rings. The van der Waals surface area contributed by atoms with Gasteiger partial charge in [0, 0.05) is 20.0 Å². The van der Waals surface area contributed by atoms with Crippen LogP contribution in [0.1, 0.15) is 37.8 Å². The van der Waals surface area contributed by atoms with Crippen molar-refractivity contribution in [3.05, 3.63) is 29.3 Å². The normalized spacial score (nSPS) is 17.4. The van der Waals surface area contributed by atoms with E-state index in [2.05, 4.69) is 5.32 Å². The van der Waals surface area contributed by atoms with Gasteiger partial charge in [-0.3, -0.25) is 9.59 Å². The summed E-state index contributed by atoms with van der Waals surface area (Å²) in [5.41, 5.74) is 2.08. The topological polar surface area (TPSA) is 58.6 Å². The van der Waals surface area contributed by atoms with E-state index in [4.69, 9.17) is 4.74 Å². The lowest BCUT2D eigenvalue weighted by molar-refractivity contribution is -0.136. The van der Waals surface area contributed by atoms with Gasteiger partial charge < -0.3 is 15.0 Å². The maximum atomic E-state index is 12.3. The van der Waals surface area contributed by atoms with E-state index in [1.807, 2.05) is 32.0 Å². The molecule has 22 heavy (non-hydrogen) atoms. The minimum absolute atomic E-state index is 0.0328. The maximum absolute atomic E-state index is 12.3. The summed E-state index contributed by atoms with van der Waals surface area (Å²) < 4.78 is 5.51. The van der Waals surface area contributed by atoms with E-state index in [1.54, 1.807) is 4.90 Å². The second-order valence-electron chi connectivity index (χ2n) is 5.62. The number of carbonyl (C=O) groups is 2. The molecule has 0 aromatic heterocycles. The summed E-state index contributed by atoms with van der Waals surface area (Å²) in [5.74, 6) is 0.768. The van der Waals surface area contributed by atoms with Crippen LogP contribution in [-0.4, -0.2) is 35.9 Å². The molecule has 120 valence electrons. The van der Waals surface area contributed by atoms with Gasteiger partial charge in [0.2, 0.25) is 11.8 Å². The average molecular weight is 304 g/mol. The molecule has 1 saturated heterocycles. The van der Waals surface area contributed by atoms with Crippen LogP contribution in [0.25, 0.3) is 0 Å². The van der Waals surface area contributed by atoms with Crippen LogP contribution < -0.4 is 10.1 Å². The highest BCUT2D eigenvalue weighted by atomic mass is 16.5. The number of rotatable bonds is 5. The fourth-order valence-corrected chi connectivity index (χ4v) is 2.86. The SMILES string of the molecule is CCOc1ccc(CNC(=O)[C@@H]2CCCN2C(C)=O)cc1C. The summed E-state index contributed by atoms with van der Waals surface area (Å²) in [7, 11) is 0. The average Bonchev–Trinajstić information content (AvgIpc) is 2.97. The van der Waals surface area contributed by atoms with Crippen LogP contribution in [0.15, 0.2) is 18.2 Å². The summed E-state index contributed by atoms with van der Waals surface area (Å²) in [6, 6.07) is 5.58. The molecule has 0 unspecified atom stereocenters. The molecular weight excluding hydrogens is 280 g/mol. The lowest BCUT2D eigenvalue weighted by Crippen LogP contribution is -2.44. The van der Waals surface area contributed by atoms with Crippen molar-refractivity contribution >= 4 is 11.8 Å². The molecule has 0 aliphatic carbocycles. The van der Waals surface area contributed by atoms with Gasteiger partial charge in [0.05, 0.1) is 6.61 Å². The number of nitrogens with zero attached hydrogens (tertiary/aromatic N) is 1. The van der Waals surface area contributed by atoms with Crippen LogP contribution in [0.5, 0.6) is 5.75 Å². The van der Waals surface area contributed by atoms with Gasteiger partial charge in [0.1, 0.15) is 11.8 Å². The Labute approximate surface area is 131 Å². The summed E-state index contributed by atoms with van der Waals surface area (Å²) in [6.45, 7) is 7.24. The van der Waals surface area contributed by atoms with Gasteiger partial charge >= 0.3 is 0 Å². The number of ether oxygens (including phenoxy) is 1. The summed E-state index contributed by atoms with van der Waals surface area (Å²) in [6.07, 6.45) is 1.63. The smallest absolute Gasteiger partial charge is 0.243 e. The second kappa shape index (κ2) is 7.29. The van der Waals surface area contributed by atoms with E-state index in [0.29, 0.717) is 19.7 Å². The van der Waals surface area contributed by atoms with E-state index < -0.39 is 0 Å². The number of carbonyl (C=O) groups excluding carboxylic acids is 2. The third-order valence-corrected chi connectivity index (χ3v) is 3.97. The van der Waals surface area contributed by atoms with Crippen molar-refractivity contribution in [1.82, 2.24) is 10.2 Å². The summed E-state index contributed by atoms with van der Waals surface area (Å²) >= 11 is 0. The molecule has 0 spiro atoms. The predicted octanol–water partition coefficient (Wildman–Crippen LogP) is 2.02. The van der Waals surface area contributed by atoms with Gasteiger partial charge in [-0.25, -0.2) is 0 Å². The van der Waals surface area contributed by atoms with Crippen molar-refractivity contribution in [2.24, 2.45) is 0 Å². The Hall–Kier alpha value is -2.04. The molecule has 2 amide bonds. The Balaban J connectivity index is 1.93. The highest BCUT2D eigenvalue weighted by Crippen LogP contribution is 2.20. The first-order chi connectivity index (χ1) is 10.5.